The van der Waals surface area contributed by atoms with Crippen LogP contribution < -0.4 is 15.0 Å². The summed E-state index contributed by atoms with van der Waals surface area (Å²) in [6.45, 7) is 3.41. The van der Waals surface area contributed by atoms with Crippen molar-refractivity contribution in [2.75, 3.05) is 38.3 Å². The van der Waals surface area contributed by atoms with E-state index in [2.05, 4.69) is 15.2 Å². The minimum absolute atomic E-state index is 0.212. The number of aromatic nitrogens is 1. The maximum Gasteiger partial charge on any atom is 0.280 e. The highest BCUT2D eigenvalue weighted by Gasteiger charge is 2.21. The third-order valence-corrected chi connectivity index (χ3v) is 5.91. The Bertz CT molecular complexity index is 1000. The SMILES string of the molecule is COc1ccc(N2CCOCC2)c2sc(C(=O)NCc3cccc(Cl)c3)nc12. The molecule has 2 heterocycles. The smallest absolute Gasteiger partial charge is 0.280 e. The Kier molecular flexibility index (Phi) is 5.66. The Morgan fingerprint density at radius 2 is 2.14 bits per heavy atom. The van der Waals surface area contributed by atoms with Crippen LogP contribution in [0.3, 0.4) is 0 Å². The summed E-state index contributed by atoms with van der Waals surface area (Å²) in [7, 11) is 1.61. The first-order chi connectivity index (χ1) is 13.7. The fourth-order valence-corrected chi connectivity index (χ4v) is 4.44. The molecule has 28 heavy (non-hydrogen) atoms. The number of hydrogen-bond acceptors (Lipinski definition) is 6. The first-order valence-corrected chi connectivity index (χ1v) is 10.2. The van der Waals surface area contributed by atoms with Gasteiger partial charge in [-0.1, -0.05) is 23.7 Å². The van der Waals surface area contributed by atoms with Crippen molar-refractivity contribution in [3.05, 3.63) is 52.0 Å². The molecule has 0 atom stereocenters. The van der Waals surface area contributed by atoms with Crippen LogP contribution in [0.4, 0.5) is 5.69 Å². The van der Waals surface area contributed by atoms with Crippen molar-refractivity contribution in [1.29, 1.82) is 0 Å². The minimum atomic E-state index is -0.212. The highest BCUT2D eigenvalue weighted by atomic mass is 35.5. The van der Waals surface area contributed by atoms with Crippen molar-refractivity contribution >= 4 is 44.7 Å². The van der Waals surface area contributed by atoms with Crippen LogP contribution in [0.2, 0.25) is 5.02 Å². The minimum Gasteiger partial charge on any atom is -0.494 e. The van der Waals surface area contributed by atoms with E-state index in [1.165, 1.54) is 11.3 Å². The number of fused-ring (bicyclic) bond motifs is 1. The summed E-state index contributed by atoms with van der Waals surface area (Å²) < 4.78 is 11.9. The number of halogens is 1. The fourth-order valence-electron chi connectivity index (χ4n) is 3.19. The average Bonchev–Trinajstić information content (AvgIpc) is 3.17. The van der Waals surface area contributed by atoms with Crippen LogP contribution in [0.15, 0.2) is 36.4 Å². The predicted octanol–water partition coefficient (Wildman–Crippen LogP) is 3.72. The molecule has 1 N–H and O–H groups in total. The van der Waals surface area contributed by atoms with E-state index >= 15 is 0 Å². The molecule has 1 saturated heterocycles. The van der Waals surface area contributed by atoms with E-state index in [0.29, 0.717) is 41.1 Å². The van der Waals surface area contributed by atoms with Gasteiger partial charge in [-0.25, -0.2) is 4.98 Å². The van der Waals surface area contributed by atoms with Crippen LogP contribution in [-0.2, 0) is 11.3 Å². The number of anilines is 1. The van der Waals surface area contributed by atoms with Crippen LogP contribution in [0.5, 0.6) is 5.75 Å². The molecular formula is C20H20ClN3O3S. The van der Waals surface area contributed by atoms with E-state index in [1.807, 2.05) is 30.3 Å². The first-order valence-electron chi connectivity index (χ1n) is 8.98. The van der Waals surface area contributed by atoms with Crippen LogP contribution in [-0.4, -0.2) is 44.3 Å². The molecule has 1 aliphatic heterocycles. The van der Waals surface area contributed by atoms with Gasteiger partial charge in [-0.15, -0.1) is 11.3 Å². The van der Waals surface area contributed by atoms with Crippen molar-refractivity contribution < 1.29 is 14.3 Å². The number of benzene rings is 2. The standard InChI is InChI=1S/C20H20ClN3O3S/c1-26-16-6-5-15(24-7-9-27-10-8-24)18-17(16)23-20(28-18)19(25)22-12-13-3-2-4-14(21)11-13/h2-6,11H,7-10,12H2,1H3,(H,22,25). The Hall–Kier alpha value is -2.35. The number of nitrogens with zero attached hydrogens (tertiary/aromatic N) is 2. The van der Waals surface area contributed by atoms with Crippen LogP contribution in [0.25, 0.3) is 10.2 Å². The molecule has 0 aliphatic carbocycles. The number of thiazole rings is 1. The molecular weight excluding hydrogens is 398 g/mol. The van der Waals surface area contributed by atoms with Gasteiger partial charge in [0.25, 0.3) is 5.91 Å². The normalized spacial score (nSPS) is 14.3. The zero-order chi connectivity index (χ0) is 19.5. The summed E-state index contributed by atoms with van der Waals surface area (Å²) >= 11 is 7.39. The maximum absolute atomic E-state index is 12.7. The number of rotatable bonds is 5. The second kappa shape index (κ2) is 8.34. The molecule has 146 valence electrons. The third-order valence-electron chi connectivity index (χ3n) is 4.59. The number of carbonyl (C=O) groups excluding carboxylic acids is 1. The molecule has 4 rings (SSSR count). The lowest BCUT2D eigenvalue weighted by Gasteiger charge is -2.29. The van der Waals surface area contributed by atoms with Gasteiger partial charge < -0.3 is 19.7 Å². The molecule has 8 heteroatoms. The summed E-state index contributed by atoms with van der Waals surface area (Å²) in [4.78, 5) is 19.5. The molecule has 1 aromatic heterocycles. The average molecular weight is 418 g/mol. The number of methoxy groups -OCH3 is 1. The largest absolute Gasteiger partial charge is 0.494 e. The third kappa shape index (κ3) is 3.92. The van der Waals surface area contributed by atoms with Gasteiger partial charge in [0.05, 0.1) is 30.7 Å². The van der Waals surface area contributed by atoms with Crippen molar-refractivity contribution in [2.24, 2.45) is 0 Å². The predicted molar refractivity (Wildman–Crippen MR) is 112 cm³/mol. The lowest BCUT2D eigenvalue weighted by Crippen LogP contribution is -2.36. The topological polar surface area (TPSA) is 63.7 Å². The lowest BCUT2D eigenvalue weighted by molar-refractivity contribution is 0.0950. The number of carbonyl (C=O) groups is 1. The Labute approximate surface area is 172 Å². The summed E-state index contributed by atoms with van der Waals surface area (Å²) in [5.41, 5.74) is 2.71. The van der Waals surface area contributed by atoms with Gasteiger partial charge in [-0.05, 0) is 29.8 Å². The highest BCUT2D eigenvalue weighted by Crippen LogP contribution is 2.37. The van der Waals surface area contributed by atoms with E-state index in [1.54, 1.807) is 13.2 Å². The summed E-state index contributed by atoms with van der Waals surface area (Å²) in [6.07, 6.45) is 0. The van der Waals surface area contributed by atoms with E-state index in [9.17, 15) is 4.79 Å². The van der Waals surface area contributed by atoms with E-state index in [-0.39, 0.29) is 5.91 Å². The van der Waals surface area contributed by atoms with Gasteiger partial charge in [-0.2, -0.15) is 0 Å². The van der Waals surface area contributed by atoms with Gasteiger partial charge in [0.1, 0.15) is 11.3 Å². The number of hydrogen-bond donors (Lipinski definition) is 1. The van der Waals surface area contributed by atoms with Crippen LogP contribution >= 0.6 is 22.9 Å². The molecule has 0 unspecified atom stereocenters. The molecule has 6 nitrogen and oxygen atoms in total. The van der Waals surface area contributed by atoms with E-state index < -0.39 is 0 Å². The zero-order valence-corrected chi connectivity index (χ0v) is 17.0. The zero-order valence-electron chi connectivity index (χ0n) is 15.4. The molecule has 0 saturated carbocycles. The Morgan fingerprint density at radius 1 is 1.32 bits per heavy atom. The quantitative estimate of drug-likeness (QED) is 0.685. The number of nitrogens with one attached hydrogen (secondary N) is 1. The number of amides is 1. The molecule has 0 spiro atoms. The molecule has 3 aromatic rings. The molecule has 1 aliphatic rings. The Morgan fingerprint density at radius 3 is 2.89 bits per heavy atom. The number of morpholine rings is 1. The summed E-state index contributed by atoms with van der Waals surface area (Å²) in [5, 5.41) is 3.97. The Balaban J connectivity index is 1.61. The van der Waals surface area contributed by atoms with Gasteiger partial charge in [0.15, 0.2) is 5.01 Å². The van der Waals surface area contributed by atoms with Crippen LogP contribution in [0.1, 0.15) is 15.4 Å². The second-order valence-corrected chi connectivity index (χ2v) is 7.83. The molecule has 1 fully saturated rings. The van der Waals surface area contributed by atoms with E-state index in [0.717, 1.165) is 29.0 Å². The maximum atomic E-state index is 12.7. The van der Waals surface area contributed by atoms with Crippen molar-refractivity contribution in [3.8, 4) is 5.75 Å². The van der Waals surface area contributed by atoms with Crippen molar-refractivity contribution in [1.82, 2.24) is 10.3 Å². The second-order valence-electron chi connectivity index (χ2n) is 6.40. The van der Waals surface area contributed by atoms with Gasteiger partial charge in [-0.3, -0.25) is 4.79 Å². The molecule has 0 bridgehead atoms. The van der Waals surface area contributed by atoms with Gasteiger partial charge in [0, 0.05) is 24.7 Å². The van der Waals surface area contributed by atoms with E-state index in [4.69, 9.17) is 21.1 Å². The monoisotopic (exact) mass is 417 g/mol. The fraction of sp³-hybridized carbons (Fsp3) is 0.300. The van der Waals surface area contributed by atoms with Crippen molar-refractivity contribution in [2.45, 2.75) is 6.54 Å². The van der Waals surface area contributed by atoms with Gasteiger partial charge >= 0.3 is 0 Å². The number of ether oxygens (including phenoxy) is 2. The highest BCUT2D eigenvalue weighted by molar-refractivity contribution is 7.21. The first kappa shape index (κ1) is 19.0. The molecule has 1 amide bonds. The molecule has 2 aromatic carbocycles. The summed E-state index contributed by atoms with van der Waals surface area (Å²) in [5.74, 6) is 0.452. The molecule has 0 radical (unpaired) electrons. The van der Waals surface area contributed by atoms with Crippen LogP contribution in [0, 0.1) is 0 Å². The van der Waals surface area contributed by atoms with Gasteiger partial charge in [0.2, 0.25) is 0 Å². The summed E-state index contributed by atoms with van der Waals surface area (Å²) in [6, 6.07) is 11.4. The van der Waals surface area contributed by atoms with Crippen molar-refractivity contribution in [3.63, 3.8) is 0 Å². The lowest BCUT2D eigenvalue weighted by atomic mass is 10.2.